The maximum atomic E-state index is 9.78. The zero-order valence-electron chi connectivity index (χ0n) is 11.1. The molecule has 100 valence electrons. The van der Waals surface area contributed by atoms with Gasteiger partial charge in [0.2, 0.25) is 0 Å². The summed E-state index contributed by atoms with van der Waals surface area (Å²) in [4.78, 5) is 0. The summed E-state index contributed by atoms with van der Waals surface area (Å²) in [5.41, 5.74) is 2.77. The first-order valence-electron chi connectivity index (χ1n) is 6.77. The summed E-state index contributed by atoms with van der Waals surface area (Å²) >= 11 is 3.43. The molecule has 3 rings (SSSR count). The summed E-state index contributed by atoms with van der Waals surface area (Å²) in [5, 5.41) is 13.2. The van der Waals surface area contributed by atoms with E-state index in [4.69, 9.17) is 0 Å². The predicted octanol–water partition coefficient (Wildman–Crippen LogP) is 4.62. The van der Waals surface area contributed by atoms with Crippen LogP contribution >= 0.6 is 15.9 Å². The molecule has 0 aliphatic heterocycles. The fourth-order valence-electron chi connectivity index (χ4n) is 2.89. The molecule has 1 aliphatic carbocycles. The second-order valence-electron chi connectivity index (χ2n) is 5.16. The fourth-order valence-corrected chi connectivity index (χ4v) is 3.15. The summed E-state index contributed by atoms with van der Waals surface area (Å²) in [5.74, 6) is 0. The van der Waals surface area contributed by atoms with Crippen LogP contribution in [0.15, 0.2) is 53.0 Å². The third kappa shape index (κ3) is 2.32. The standard InChI is InChI=1S/C17H15BrN2/c18-14-7-9-15(10-8-14)20-17(12-19)11-3-5-13-4-1-2-6-16(13)17/h1-2,4,6-10,20H,3,5,11H2. The van der Waals surface area contributed by atoms with E-state index in [0.29, 0.717) is 0 Å². The van der Waals surface area contributed by atoms with Crippen molar-refractivity contribution in [3.63, 3.8) is 0 Å². The molecule has 0 saturated heterocycles. The predicted molar refractivity (Wildman–Crippen MR) is 84.4 cm³/mol. The van der Waals surface area contributed by atoms with Crippen molar-refractivity contribution in [2.45, 2.75) is 24.8 Å². The second kappa shape index (κ2) is 5.30. The highest BCUT2D eigenvalue weighted by Gasteiger charge is 2.36. The zero-order valence-corrected chi connectivity index (χ0v) is 12.7. The number of rotatable bonds is 2. The molecule has 0 heterocycles. The van der Waals surface area contributed by atoms with Gasteiger partial charge in [-0.05, 0) is 54.7 Å². The van der Waals surface area contributed by atoms with Crippen LogP contribution in [0.5, 0.6) is 0 Å². The number of nitrogens with one attached hydrogen (secondary N) is 1. The molecule has 2 nitrogen and oxygen atoms in total. The highest BCUT2D eigenvalue weighted by Crippen LogP contribution is 2.37. The molecule has 2 aromatic carbocycles. The van der Waals surface area contributed by atoms with Crippen LogP contribution in [-0.2, 0) is 12.0 Å². The number of nitrogens with zero attached hydrogens (tertiary/aromatic N) is 1. The number of fused-ring (bicyclic) bond motifs is 1. The van der Waals surface area contributed by atoms with Crippen LogP contribution in [0.2, 0.25) is 0 Å². The Balaban J connectivity index is 2.01. The molecule has 0 bridgehead atoms. The maximum absolute atomic E-state index is 9.78. The summed E-state index contributed by atoms with van der Waals surface area (Å²) < 4.78 is 1.04. The van der Waals surface area contributed by atoms with Crippen LogP contribution in [0.25, 0.3) is 0 Å². The lowest BCUT2D eigenvalue weighted by Crippen LogP contribution is -2.37. The average molecular weight is 327 g/mol. The Kier molecular flexibility index (Phi) is 3.50. The molecule has 3 heteroatoms. The Morgan fingerprint density at radius 1 is 1.10 bits per heavy atom. The van der Waals surface area contributed by atoms with Gasteiger partial charge in [0, 0.05) is 10.2 Å². The van der Waals surface area contributed by atoms with E-state index >= 15 is 0 Å². The van der Waals surface area contributed by atoms with Gasteiger partial charge in [-0.2, -0.15) is 5.26 Å². The van der Waals surface area contributed by atoms with Crippen LogP contribution < -0.4 is 5.32 Å². The summed E-state index contributed by atoms with van der Waals surface area (Å²) in [6, 6.07) is 18.8. The molecule has 1 atom stereocenters. The lowest BCUT2D eigenvalue weighted by atomic mass is 9.77. The van der Waals surface area contributed by atoms with E-state index in [9.17, 15) is 5.26 Å². The fraction of sp³-hybridized carbons (Fsp3) is 0.235. The lowest BCUT2D eigenvalue weighted by Gasteiger charge is -2.35. The monoisotopic (exact) mass is 326 g/mol. The van der Waals surface area contributed by atoms with Gasteiger partial charge < -0.3 is 5.32 Å². The van der Waals surface area contributed by atoms with Crippen molar-refractivity contribution >= 4 is 21.6 Å². The van der Waals surface area contributed by atoms with Crippen LogP contribution in [0, 0.1) is 11.3 Å². The molecule has 1 aliphatic rings. The topological polar surface area (TPSA) is 35.8 Å². The largest absolute Gasteiger partial charge is 0.364 e. The van der Waals surface area contributed by atoms with Gasteiger partial charge in [0.05, 0.1) is 6.07 Å². The van der Waals surface area contributed by atoms with Gasteiger partial charge >= 0.3 is 0 Å². The molecule has 0 spiro atoms. The number of halogens is 1. The number of hydrogen-bond acceptors (Lipinski definition) is 2. The molecule has 1 N–H and O–H groups in total. The molecule has 0 saturated carbocycles. The third-order valence-electron chi connectivity index (χ3n) is 3.87. The quantitative estimate of drug-likeness (QED) is 0.874. The average Bonchev–Trinajstić information content (AvgIpc) is 2.50. The van der Waals surface area contributed by atoms with E-state index in [1.807, 2.05) is 36.4 Å². The van der Waals surface area contributed by atoms with Crippen LogP contribution in [0.3, 0.4) is 0 Å². The highest BCUT2D eigenvalue weighted by atomic mass is 79.9. The van der Waals surface area contributed by atoms with Gasteiger partial charge in [0.25, 0.3) is 0 Å². The molecule has 0 amide bonds. The van der Waals surface area contributed by atoms with Crippen molar-refractivity contribution < 1.29 is 0 Å². The molecular formula is C17H15BrN2. The summed E-state index contributed by atoms with van der Waals surface area (Å²) in [6.07, 6.45) is 2.94. The van der Waals surface area contributed by atoms with Gasteiger partial charge in [-0.1, -0.05) is 40.2 Å². The number of anilines is 1. The van der Waals surface area contributed by atoms with Crippen molar-refractivity contribution in [1.82, 2.24) is 0 Å². The third-order valence-corrected chi connectivity index (χ3v) is 4.40. The first-order valence-corrected chi connectivity index (χ1v) is 7.56. The first kappa shape index (κ1) is 13.2. The zero-order chi connectivity index (χ0) is 14.0. The minimum Gasteiger partial charge on any atom is -0.364 e. The number of hydrogen-bond donors (Lipinski definition) is 1. The summed E-state index contributed by atoms with van der Waals surface area (Å²) in [7, 11) is 0. The van der Waals surface area contributed by atoms with E-state index in [-0.39, 0.29) is 0 Å². The number of benzene rings is 2. The highest BCUT2D eigenvalue weighted by molar-refractivity contribution is 9.10. The molecular weight excluding hydrogens is 312 g/mol. The van der Waals surface area contributed by atoms with E-state index < -0.39 is 5.54 Å². The Hall–Kier alpha value is -1.79. The van der Waals surface area contributed by atoms with Gasteiger partial charge in [-0.15, -0.1) is 0 Å². The van der Waals surface area contributed by atoms with Crippen molar-refractivity contribution in [1.29, 1.82) is 5.26 Å². The van der Waals surface area contributed by atoms with Crippen molar-refractivity contribution in [3.8, 4) is 6.07 Å². The molecule has 2 aromatic rings. The van der Waals surface area contributed by atoms with Crippen LogP contribution in [0.1, 0.15) is 24.0 Å². The number of nitriles is 1. The van der Waals surface area contributed by atoms with Crippen LogP contribution in [-0.4, -0.2) is 0 Å². The first-order chi connectivity index (χ1) is 9.73. The van der Waals surface area contributed by atoms with Gasteiger partial charge in [-0.25, -0.2) is 0 Å². The summed E-state index contributed by atoms with van der Waals surface area (Å²) in [6.45, 7) is 0. The lowest BCUT2D eigenvalue weighted by molar-refractivity contribution is 0.504. The van der Waals surface area contributed by atoms with Crippen LogP contribution in [0.4, 0.5) is 5.69 Å². The minimum absolute atomic E-state index is 0.608. The number of aryl methyl sites for hydroxylation is 1. The Morgan fingerprint density at radius 3 is 2.60 bits per heavy atom. The normalized spacial score (nSPS) is 20.8. The second-order valence-corrected chi connectivity index (χ2v) is 6.08. The Bertz CT molecular complexity index is 657. The van der Waals surface area contributed by atoms with E-state index in [1.165, 1.54) is 5.56 Å². The Labute approximate surface area is 127 Å². The SMILES string of the molecule is N#CC1(Nc2ccc(Br)cc2)CCCc2ccccc21. The van der Waals surface area contributed by atoms with Gasteiger partial charge in [0.15, 0.2) is 5.54 Å². The molecule has 0 fully saturated rings. The maximum Gasteiger partial charge on any atom is 0.151 e. The van der Waals surface area contributed by atoms with Crippen molar-refractivity contribution in [2.24, 2.45) is 0 Å². The molecule has 0 aromatic heterocycles. The van der Waals surface area contributed by atoms with Gasteiger partial charge in [-0.3, -0.25) is 0 Å². The minimum atomic E-state index is -0.608. The van der Waals surface area contributed by atoms with Crippen molar-refractivity contribution in [2.75, 3.05) is 5.32 Å². The molecule has 0 radical (unpaired) electrons. The molecule has 20 heavy (non-hydrogen) atoms. The Morgan fingerprint density at radius 2 is 1.85 bits per heavy atom. The van der Waals surface area contributed by atoms with E-state index in [1.54, 1.807) is 0 Å². The van der Waals surface area contributed by atoms with Gasteiger partial charge in [0.1, 0.15) is 0 Å². The van der Waals surface area contributed by atoms with Crippen molar-refractivity contribution in [3.05, 3.63) is 64.1 Å². The molecule has 1 unspecified atom stereocenters. The smallest absolute Gasteiger partial charge is 0.151 e. The van der Waals surface area contributed by atoms with E-state index in [2.05, 4.69) is 39.4 Å². The van der Waals surface area contributed by atoms with E-state index in [0.717, 1.165) is 35.0 Å².